The molecule has 2 nitrogen and oxygen atoms in total. The molecule has 0 aliphatic rings. The number of halogens is 2. The Morgan fingerprint density at radius 3 is 2.09 bits per heavy atom. The van der Waals surface area contributed by atoms with E-state index in [0.29, 0.717) is 16.6 Å². The average molecular weight is 349 g/mol. The highest BCUT2D eigenvalue weighted by Crippen LogP contribution is 2.24. The minimum Gasteiger partial charge on any atom is -0.305 e. The third-order valence-corrected chi connectivity index (χ3v) is 4.44. The van der Waals surface area contributed by atoms with Crippen molar-refractivity contribution in [2.24, 2.45) is 5.10 Å². The van der Waals surface area contributed by atoms with Crippen LogP contribution in [0.3, 0.4) is 0 Å². The van der Waals surface area contributed by atoms with Crippen LogP contribution in [-0.2, 0) is 12.0 Å². The van der Waals surface area contributed by atoms with E-state index in [1.807, 2.05) is 25.1 Å². The Morgan fingerprint density at radius 2 is 1.57 bits per heavy atom. The molecule has 2 rings (SSSR count). The number of hydrogen-bond donors (Lipinski definition) is 1. The van der Waals surface area contributed by atoms with Gasteiger partial charge in [0.2, 0.25) is 0 Å². The lowest BCUT2D eigenvalue weighted by molar-refractivity contribution is 0.590. The standard InChI is InChI=1S/C19H22Cl2N2/c1-13(14-8-10-15(11-9-14)19(2,3)4)23-22-12-16-17(20)6-5-7-18(16)21/h5-11,22H,12H2,1-4H3/b23-13-. The Labute approximate surface area is 148 Å². The van der Waals surface area contributed by atoms with E-state index in [2.05, 4.69) is 55.6 Å². The van der Waals surface area contributed by atoms with Crippen LogP contribution >= 0.6 is 23.2 Å². The minimum atomic E-state index is 0.155. The van der Waals surface area contributed by atoms with Gasteiger partial charge in [-0.1, -0.05) is 74.3 Å². The van der Waals surface area contributed by atoms with Crippen LogP contribution in [-0.4, -0.2) is 5.71 Å². The normalized spacial score (nSPS) is 12.3. The average Bonchev–Trinajstić information content (AvgIpc) is 2.49. The fraction of sp³-hybridized carbons (Fsp3) is 0.316. The lowest BCUT2D eigenvalue weighted by atomic mass is 9.86. The molecule has 2 aromatic rings. The summed E-state index contributed by atoms with van der Waals surface area (Å²) in [6.45, 7) is 9.09. The Balaban J connectivity index is 2.06. The van der Waals surface area contributed by atoms with Gasteiger partial charge in [-0.3, -0.25) is 0 Å². The monoisotopic (exact) mass is 348 g/mol. The number of rotatable bonds is 4. The molecule has 4 heteroatoms. The van der Waals surface area contributed by atoms with Gasteiger partial charge in [0.25, 0.3) is 0 Å². The smallest absolute Gasteiger partial charge is 0.0644 e. The summed E-state index contributed by atoms with van der Waals surface area (Å²) in [5.74, 6) is 0. The largest absolute Gasteiger partial charge is 0.305 e. The lowest BCUT2D eigenvalue weighted by Crippen LogP contribution is -2.12. The zero-order valence-electron chi connectivity index (χ0n) is 14.0. The van der Waals surface area contributed by atoms with Gasteiger partial charge in [-0.25, -0.2) is 0 Å². The first kappa shape index (κ1) is 17.8. The van der Waals surface area contributed by atoms with Crippen LogP contribution in [0.15, 0.2) is 47.6 Å². The summed E-state index contributed by atoms with van der Waals surface area (Å²) in [4.78, 5) is 0. The van der Waals surface area contributed by atoms with E-state index in [0.717, 1.165) is 16.8 Å². The molecule has 0 heterocycles. The molecule has 0 spiro atoms. The fourth-order valence-corrected chi connectivity index (χ4v) is 2.75. The number of nitrogens with zero attached hydrogens (tertiary/aromatic N) is 1. The molecule has 0 aromatic heterocycles. The molecule has 0 saturated carbocycles. The van der Waals surface area contributed by atoms with E-state index in [-0.39, 0.29) is 5.41 Å². The van der Waals surface area contributed by atoms with E-state index in [1.165, 1.54) is 5.56 Å². The maximum absolute atomic E-state index is 6.15. The molecular formula is C19H22Cl2N2. The predicted octanol–water partition coefficient (Wildman–Crippen LogP) is 5.80. The van der Waals surface area contributed by atoms with Crippen molar-refractivity contribution in [2.45, 2.75) is 39.7 Å². The van der Waals surface area contributed by atoms with Gasteiger partial charge in [-0.05, 0) is 35.6 Å². The third-order valence-electron chi connectivity index (χ3n) is 3.73. The second-order valence-electron chi connectivity index (χ2n) is 6.56. The lowest BCUT2D eigenvalue weighted by Gasteiger charge is -2.19. The highest BCUT2D eigenvalue weighted by atomic mass is 35.5. The van der Waals surface area contributed by atoms with Crippen LogP contribution < -0.4 is 5.43 Å². The minimum absolute atomic E-state index is 0.155. The maximum Gasteiger partial charge on any atom is 0.0644 e. The molecule has 0 fully saturated rings. The van der Waals surface area contributed by atoms with Crippen molar-refractivity contribution in [2.75, 3.05) is 0 Å². The van der Waals surface area contributed by atoms with Gasteiger partial charge in [-0.2, -0.15) is 5.10 Å². The molecule has 0 aliphatic heterocycles. The number of benzene rings is 2. The zero-order chi connectivity index (χ0) is 17.0. The van der Waals surface area contributed by atoms with Crippen molar-refractivity contribution >= 4 is 28.9 Å². The molecular weight excluding hydrogens is 327 g/mol. The quantitative estimate of drug-likeness (QED) is 0.547. The second-order valence-corrected chi connectivity index (χ2v) is 7.37. The van der Waals surface area contributed by atoms with Gasteiger partial charge in [0.1, 0.15) is 0 Å². The molecule has 0 amide bonds. The van der Waals surface area contributed by atoms with Crippen LogP contribution in [0.5, 0.6) is 0 Å². The van der Waals surface area contributed by atoms with Crippen LogP contribution in [0, 0.1) is 0 Å². The highest BCUT2D eigenvalue weighted by molar-refractivity contribution is 6.35. The Morgan fingerprint density at radius 1 is 1.00 bits per heavy atom. The molecule has 0 bridgehead atoms. The SMILES string of the molecule is C/C(=N/NCc1c(Cl)cccc1Cl)c1ccc(C(C)(C)C)cc1. The highest BCUT2D eigenvalue weighted by Gasteiger charge is 2.13. The topological polar surface area (TPSA) is 24.4 Å². The summed E-state index contributed by atoms with van der Waals surface area (Å²) in [7, 11) is 0. The van der Waals surface area contributed by atoms with Crippen molar-refractivity contribution < 1.29 is 0 Å². The van der Waals surface area contributed by atoms with Crippen molar-refractivity contribution in [3.8, 4) is 0 Å². The molecule has 1 N–H and O–H groups in total. The van der Waals surface area contributed by atoms with Crippen LogP contribution in [0.2, 0.25) is 10.0 Å². The van der Waals surface area contributed by atoms with Crippen molar-refractivity contribution in [1.29, 1.82) is 0 Å². The Hall–Kier alpha value is -1.51. The van der Waals surface area contributed by atoms with Crippen LogP contribution in [0.4, 0.5) is 0 Å². The van der Waals surface area contributed by atoms with E-state index in [9.17, 15) is 0 Å². The Bertz CT molecular complexity index is 678. The number of hydrogen-bond acceptors (Lipinski definition) is 2. The van der Waals surface area contributed by atoms with Gasteiger partial charge >= 0.3 is 0 Å². The molecule has 0 aliphatic carbocycles. The summed E-state index contributed by atoms with van der Waals surface area (Å²) < 4.78 is 0. The van der Waals surface area contributed by atoms with E-state index >= 15 is 0 Å². The molecule has 122 valence electrons. The molecule has 2 aromatic carbocycles. The first-order valence-electron chi connectivity index (χ1n) is 7.60. The van der Waals surface area contributed by atoms with Gasteiger partial charge in [0.15, 0.2) is 0 Å². The zero-order valence-corrected chi connectivity index (χ0v) is 15.5. The van der Waals surface area contributed by atoms with Crippen molar-refractivity contribution in [3.63, 3.8) is 0 Å². The summed E-state index contributed by atoms with van der Waals surface area (Å²) in [6.07, 6.45) is 0. The van der Waals surface area contributed by atoms with Crippen molar-refractivity contribution in [1.82, 2.24) is 5.43 Å². The number of hydrazone groups is 1. The van der Waals surface area contributed by atoms with Crippen LogP contribution in [0.1, 0.15) is 44.4 Å². The van der Waals surface area contributed by atoms with Gasteiger partial charge in [-0.15, -0.1) is 0 Å². The van der Waals surface area contributed by atoms with Gasteiger partial charge in [0.05, 0.1) is 12.3 Å². The van der Waals surface area contributed by atoms with E-state index in [1.54, 1.807) is 0 Å². The molecule has 0 unspecified atom stereocenters. The number of nitrogens with one attached hydrogen (secondary N) is 1. The summed E-state index contributed by atoms with van der Waals surface area (Å²) in [5, 5.41) is 5.70. The van der Waals surface area contributed by atoms with Gasteiger partial charge < -0.3 is 5.43 Å². The van der Waals surface area contributed by atoms with E-state index in [4.69, 9.17) is 23.2 Å². The fourth-order valence-electron chi connectivity index (χ4n) is 2.21. The van der Waals surface area contributed by atoms with E-state index < -0.39 is 0 Å². The summed E-state index contributed by atoms with van der Waals surface area (Å²) in [6, 6.07) is 14.0. The third kappa shape index (κ3) is 4.73. The summed E-state index contributed by atoms with van der Waals surface area (Å²) in [5.41, 5.74) is 7.39. The first-order valence-corrected chi connectivity index (χ1v) is 8.35. The summed E-state index contributed by atoms with van der Waals surface area (Å²) >= 11 is 12.3. The second kappa shape index (κ2) is 7.37. The maximum atomic E-state index is 6.15. The van der Waals surface area contributed by atoms with Gasteiger partial charge in [0, 0.05) is 15.6 Å². The predicted molar refractivity (Wildman–Crippen MR) is 101 cm³/mol. The van der Waals surface area contributed by atoms with Crippen LogP contribution in [0.25, 0.3) is 0 Å². The molecule has 0 atom stereocenters. The first-order chi connectivity index (χ1) is 10.8. The Kier molecular flexibility index (Phi) is 5.72. The molecule has 0 radical (unpaired) electrons. The molecule has 0 saturated heterocycles. The van der Waals surface area contributed by atoms with Crippen molar-refractivity contribution in [3.05, 3.63) is 69.2 Å². The molecule has 23 heavy (non-hydrogen) atoms.